The Balaban J connectivity index is 2.20. The number of rotatable bonds is 7. The fourth-order valence-electron chi connectivity index (χ4n) is 2.28. The molecule has 8 heteroatoms. The Morgan fingerprint density at radius 1 is 1.42 bits per heavy atom. The highest BCUT2D eigenvalue weighted by Gasteiger charge is 2.24. The van der Waals surface area contributed by atoms with Crippen molar-refractivity contribution in [2.24, 2.45) is 0 Å². The lowest BCUT2D eigenvalue weighted by Crippen LogP contribution is -2.41. The lowest BCUT2D eigenvalue weighted by molar-refractivity contribution is -0.139. The molecule has 0 aliphatic carbocycles. The highest BCUT2D eigenvalue weighted by molar-refractivity contribution is 9.10. The van der Waals surface area contributed by atoms with Crippen molar-refractivity contribution in [3.63, 3.8) is 0 Å². The van der Waals surface area contributed by atoms with Gasteiger partial charge in [-0.1, -0.05) is 47.0 Å². The van der Waals surface area contributed by atoms with Crippen molar-refractivity contribution < 1.29 is 14.7 Å². The van der Waals surface area contributed by atoms with E-state index in [1.54, 1.807) is 11.6 Å². The number of nitrogens with one attached hydrogen (secondary N) is 1. The first-order valence-corrected chi connectivity index (χ1v) is 8.45. The molecule has 24 heavy (non-hydrogen) atoms. The molecular formula is C16H19BrN4O3. The average Bonchev–Trinajstić information content (AvgIpc) is 2.92. The molecule has 0 spiro atoms. The molecule has 1 amide bonds. The number of carbonyl (C=O) groups excluding carboxylic acids is 1. The Hall–Kier alpha value is -2.22. The number of aromatic nitrogens is 3. The SMILES string of the molecule is CCCC[C@H](NC(=O)c1nnn(-c2cccc(Br)c2)c1C)C(=O)O. The van der Waals surface area contributed by atoms with Crippen molar-refractivity contribution in [2.75, 3.05) is 0 Å². The fourth-order valence-corrected chi connectivity index (χ4v) is 2.67. The Kier molecular flexibility index (Phi) is 6.08. The number of hydrogen-bond acceptors (Lipinski definition) is 4. The second kappa shape index (κ2) is 8.05. The molecule has 1 aromatic carbocycles. The first kappa shape index (κ1) is 18.1. The Bertz CT molecular complexity index is 745. The summed E-state index contributed by atoms with van der Waals surface area (Å²) in [4.78, 5) is 23.6. The van der Waals surface area contributed by atoms with E-state index in [4.69, 9.17) is 0 Å². The number of amides is 1. The average molecular weight is 395 g/mol. The molecule has 7 nitrogen and oxygen atoms in total. The van der Waals surface area contributed by atoms with Gasteiger partial charge in [0.1, 0.15) is 6.04 Å². The summed E-state index contributed by atoms with van der Waals surface area (Å²) >= 11 is 3.39. The van der Waals surface area contributed by atoms with Crippen LogP contribution in [0.2, 0.25) is 0 Å². The molecule has 0 aliphatic heterocycles. The topological polar surface area (TPSA) is 97.1 Å². The van der Waals surface area contributed by atoms with Gasteiger partial charge in [-0.25, -0.2) is 9.48 Å². The van der Waals surface area contributed by atoms with Crippen LogP contribution < -0.4 is 5.32 Å². The molecule has 2 rings (SSSR count). The monoisotopic (exact) mass is 394 g/mol. The Labute approximate surface area is 148 Å². The third-order valence-corrected chi connectivity index (χ3v) is 4.11. The quantitative estimate of drug-likeness (QED) is 0.752. The van der Waals surface area contributed by atoms with Crippen molar-refractivity contribution in [1.82, 2.24) is 20.3 Å². The number of carboxylic acids is 1. The summed E-state index contributed by atoms with van der Waals surface area (Å²) in [6.07, 6.45) is 1.97. The van der Waals surface area contributed by atoms with E-state index < -0.39 is 17.9 Å². The number of aliphatic carboxylic acids is 1. The van der Waals surface area contributed by atoms with E-state index in [1.807, 2.05) is 31.2 Å². The van der Waals surface area contributed by atoms with Crippen LogP contribution in [0, 0.1) is 6.92 Å². The van der Waals surface area contributed by atoms with E-state index in [-0.39, 0.29) is 5.69 Å². The Morgan fingerprint density at radius 2 is 2.17 bits per heavy atom. The standard InChI is InChI=1S/C16H19BrN4O3/c1-3-4-8-13(16(23)24)18-15(22)14-10(2)21(20-19-14)12-7-5-6-11(17)9-12/h5-7,9,13H,3-4,8H2,1-2H3,(H,18,22)(H,23,24)/t13-/m0/s1. The van der Waals surface area contributed by atoms with Crippen molar-refractivity contribution in [3.05, 3.63) is 40.1 Å². The molecule has 2 N–H and O–H groups in total. The van der Waals surface area contributed by atoms with E-state index in [2.05, 4.69) is 31.6 Å². The van der Waals surface area contributed by atoms with Crippen LogP contribution in [0.4, 0.5) is 0 Å². The van der Waals surface area contributed by atoms with Crippen LogP contribution >= 0.6 is 15.9 Å². The third kappa shape index (κ3) is 4.19. The lowest BCUT2D eigenvalue weighted by Gasteiger charge is -2.13. The lowest BCUT2D eigenvalue weighted by atomic mass is 10.1. The first-order valence-electron chi connectivity index (χ1n) is 7.66. The van der Waals surface area contributed by atoms with Gasteiger partial charge in [-0.05, 0) is 31.5 Å². The minimum Gasteiger partial charge on any atom is -0.480 e. The zero-order chi connectivity index (χ0) is 17.7. The summed E-state index contributed by atoms with van der Waals surface area (Å²) in [6, 6.07) is 6.51. The van der Waals surface area contributed by atoms with Crippen LogP contribution in [0.1, 0.15) is 42.4 Å². The normalized spacial score (nSPS) is 12.0. The molecule has 2 aromatic rings. The number of nitrogens with zero attached hydrogens (tertiary/aromatic N) is 3. The predicted molar refractivity (Wildman–Crippen MR) is 92.2 cm³/mol. The molecule has 0 saturated heterocycles. The summed E-state index contributed by atoms with van der Waals surface area (Å²) in [5.41, 5.74) is 1.43. The van der Waals surface area contributed by atoms with Gasteiger partial charge in [0.2, 0.25) is 0 Å². The third-order valence-electron chi connectivity index (χ3n) is 3.61. The van der Waals surface area contributed by atoms with E-state index in [9.17, 15) is 14.7 Å². The van der Waals surface area contributed by atoms with Crippen LogP contribution in [0.5, 0.6) is 0 Å². The summed E-state index contributed by atoms with van der Waals surface area (Å²) in [7, 11) is 0. The highest BCUT2D eigenvalue weighted by Crippen LogP contribution is 2.17. The van der Waals surface area contributed by atoms with Gasteiger partial charge in [-0.3, -0.25) is 4.79 Å². The van der Waals surface area contributed by atoms with Gasteiger partial charge in [-0.15, -0.1) is 5.10 Å². The maximum atomic E-state index is 12.4. The molecule has 1 heterocycles. The van der Waals surface area contributed by atoms with Crippen molar-refractivity contribution in [2.45, 2.75) is 39.2 Å². The zero-order valence-corrected chi connectivity index (χ0v) is 15.1. The van der Waals surface area contributed by atoms with E-state index in [0.717, 1.165) is 23.0 Å². The molecule has 0 saturated carbocycles. The minimum atomic E-state index is -1.05. The largest absolute Gasteiger partial charge is 0.480 e. The van der Waals surface area contributed by atoms with Crippen LogP contribution in [-0.2, 0) is 4.79 Å². The second-order valence-electron chi connectivity index (χ2n) is 5.42. The second-order valence-corrected chi connectivity index (χ2v) is 6.34. The summed E-state index contributed by atoms with van der Waals surface area (Å²) in [6.45, 7) is 3.69. The molecule has 1 atom stereocenters. The van der Waals surface area contributed by atoms with Gasteiger partial charge in [0, 0.05) is 4.47 Å². The van der Waals surface area contributed by atoms with Crippen molar-refractivity contribution in [1.29, 1.82) is 0 Å². The van der Waals surface area contributed by atoms with Crippen molar-refractivity contribution >= 4 is 27.8 Å². The van der Waals surface area contributed by atoms with Gasteiger partial charge in [0.15, 0.2) is 5.69 Å². The summed E-state index contributed by atoms with van der Waals surface area (Å²) in [5, 5.41) is 19.6. The van der Waals surface area contributed by atoms with Gasteiger partial charge in [0.05, 0.1) is 11.4 Å². The molecule has 1 aromatic heterocycles. The highest BCUT2D eigenvalue weighted by atomic mass is 79.9. The van der Waals surface area contributed by atoms with E-state index in [1.165, 1.54) is 0 Å². The minimum absolute atomic E-state index is 0.123. The Morgan fingerprint density at radius 3 is 2.79 bits per heavy atom. The zero-order valence-electron chi connectivity index (χ0n) is 13.5. The summed E-state index contributed by atoms with van der Waals surface area (Å²) in [5.74, 6) is -1.58. The van der Waals surface area contributed by atoms with Gasteiger partial charge in [0.25, 0.3) is 5.91 Å². The summed E-state index contributed by atoms with van der Waals surface area (Å²) < 4.78 is 2.42. The number of hydrogen-bond donors (Lipinski definition) is 2. The predicted octanol–water partition coefficient (Wildman–Crippen LogP) is 2.71. The van der Waals surface area contributed by atoms with Crippen LogP contribution in [0.3, 0.4) is 0 Å². The van der Waals surface area contributed by atoms with Gasteiger partial charge < -0.3 is 10.4 Å². The number of carbonyl (C=O) groups is 2. The van der Waals surface area contributed by atoms with Crippen LogP contribution in [0.25, 0.3) is 5.69 Å². The molecule has 0 aliphatic rings. The first-order chi connectivity index (χ1) is 11.4. The van der Waals surface area contributed by atoms with Crippen LogP contribution in [-0.4, -0.2) is 38.0 Å². The fraction of sp³-hybridized carbons (Fsp3) is 0.375. The maximum Gasteiger partial charge on any atom is 0.326 e. The number of carboxylic acid groups (broad SMARTS) is 1. The van der Waals surface area contributed by atoms with Gasteiger partial charge >= 0.3 is 5.97 Å². The van der Waals surface area contributed by atoms with E-state index >= 15 is 0 Å². The number of halogens is 1. The van der Waals surface area contributed by atoms with Crippen LogP contribution in [0.15, 0.2) is 28.7 Å². The molecular weight excluding hydrogens is 376 g/mol. The van der Waals surface area contributed by atoms with Gasteiger partial charge in [-0.2, -0.15) is 0 Å². The number of benzene rings is 1. The molecule has 0 radical (unpaired) electrons. The van der Waals surface area contributed by atoms with Crippen molar-refractivity contribution in [3.8, 4) is 5.69 Å². The van der Waals surface area contributed by atoms with E-state index in [0.29, 0.717) is 12.1 Å². The molecule has 0 bridgehead atoms. The maximum absolute atomic E-state index is 12.4. The molecule has 128 valence electrons. The molecule has 0 fully saturated rings. The smallest absolute Gasteiger partial charge is 0.326 e. The molecule has 0 unspecified atom stereocenters. The number of unbranched alkanes of at least 4 members (excludes halogenated alkanes) is 1.